The highest BCUT2D eigenvalue weighted by Gasteiger charge is 2.52. The van der Waals surface area contributed by atoms with Crippen LogP contribution in [0.15, 0.2) is 59.6 Å². The van der Waals surface area contributed by atoms with Gasteiger partial charge in [0.05, 0.1) is 0 Å². The maximum atomic E-state index is 12.4. The summed E-state index contributed by atoms with van der Waals surface area (Å²) in [6, 6.07) is 19.4. The summed E-state index contributed by atoms with van der Waals surface area (Å²) < 4.78 is 0. The maximum Gasteiger partial charge on any atom is 0.223 e. The molecule has 3 aliphatic rings. The third-order valence-electron chi connectivity index (χ3n) is 7.59. The maximum absolute atomic E-state index is 12.4. The van der Waals surface area contributed by atoms with Crippen molar-refractivity contribution in [3.63, 3.8) is 0 Å². The summed E-state index contributed by atoms with van der Waals surface area (Å²) in [5.74, 6) is 3.72. The van der Waals surface area contributed by atoms with Crippen molar-refractivity contribution >= 4 is 11.9 Å². The molecule has 32 heavy (non-hydrogen) atoms. The lowest BCUT2D eigenvalue weighted by Gasteiger charge is -2.18. The second-order valence-corrected chi connectivity index (χ2v) is 9.57. The van der Waals surface area contributed by atoms with Gasteiger partial charge in [-0.2, -0.15) is 0 Å². The number of nitrogens with one attached hydrogen (secondary N) is 2. The molecule has 1 aliphatic heterocycles. The second kappa shape index (κ2) is 9.35. The minimum absolute atomic E-state index is 0.274. The van der Waals surface area contributed by atoms with Gasteiger partial charge < -0.3 is 15.5 Å². The molecule has 2 N–H and O–H groups in total. The normalized spacial score (nSPS) is 26.5. The van der Waals surface area contributed by atoms with Gasteiger partial charge in [0.25, 0.3) is 0 Å². The van der Waals surface area contributed by atoms with E-state index < -0.39 is 0 Å². The molecule has 2 fully saturated rings. The Labute approximate surface area is 191 Å². The third kappa shape index (κ3) is 4.52. The Morgan fingerprint density at radius 1 is 1.06 bits per heavy atom. The molecule has 0 bridgehead atoms. The average molecular weight is 431 g/mol. The van der Waals surface area contributed by atoms with E-state index >= 15 is 0 Å². The molecule has 2 aromatic carbocycles. The topological polar surface area (TPSA) is 56.7 Å². The number of hydrogen-bond acceptors (Lipinski definition) is 2. The standard InChI is InChI=1S/C27H34N4O/c1-28-27(30-17-24-23-12-11-21-9-5-6-10-22(21)26(23)24)29-16-20-15-25(32)31(18-20)14-13-19-7-3-2-4-8-19/h2-10,20,23-24,26H,11-18H2,1H3,(H2,28,29,30). The molecule has 4 unspecified atom stereocenters. The van der Waals surface area contributed by atoms with Crippen LogP contribution in [-0.2, 0) is 17.6 Å². The van der Waals surface area contributed by atoms with Gasteiger partial charge in [-0.1, -0.05) is 54.6 Å². The molecule has 5 rings (SSSR count). The van der Waals surface area contributed by atoms with Crippen LogP contribution in [0.3, 0.4) is 0 Å². The van der Waals surface area contributed by atoms with E-state index in [0.29, 0.717) is 18.3 Å². The number of benzene rings is 2. The molecule has 0 aromatic heterocycles. The number of hydrogen-bond donors (Lipinski definition) is 2. The van der Waals surface area contributed by atoms with Crippen molar-refractivity contribution in [1.82, 2.24) is 15.5 Å². The molecule has 2 aliphatic carbocycles. The molecule has 0 spiro atoms. The molecule has 4 atom stereocenters. The smallest absolute Gasteiger partial charge is 0.223 e. The van der Waals surface area contributed by atoms with E-state index in [1.54, 1.807) is 11.1 Å². The summed E-state index contributed by atoms with van der Waals surface area (Å²) >= 11 is 0. The minimum atomic E-state index is 0.274. The van der Waals surface area contributed by atoms with Crippen LogP contribution in [0.1, 0.15) is 35.4 Å². The summed E-state index contributed by atoms with van der Waals surface area (Å²) in [6.07, 6.45) is 4.07. The molecule has 168 valence electrons. The SMILES string of the molecule is CN=C(NCC1CC(=O)N(CCc2ccccc2)C1)NCC1C2CCc3ccccc3C21. The highest BCUT2D eigenvalue weighted by molar-refractivity contribution is 5.81. The van der Waals surface area contributed by atoms with E-state index in [1.807, 2.05) is 18.0 Å². The summed E-state index contributed by atoms with van der Waals surface area (Å²) in [5.41, 5.74) is 4.40. The zero-order valence-corrected chi connectivity index (χ0v) is 19.0. The Kier molecular flexibility index (Phi) is 6.15. The molecule has 1 amide bonds. The zero-order chi connectivity index (χ0) is 21.9. The first-order valence-corrected chi connectivity index (χ1v) is 12.1. The molecule has 2 aromatic rings. The lowest BCUT2D eigenvalue weighted by molar-refractivity contribution is -0.127. The van der Waals surface area contributed by atoms with E-state index in [0.717, 1.165) is 50.4 Å². The molecular weight excluding hydrogens is 396 g/mol. The Hall–Kier alpha value is -2.82. The van der Waals surface area contributed by atoms with Crippen molar-refractivity contribution in [2.75, 3.05) is 33.2 Å². The fourth-order valence-electron chi connectivity index (χ4n) is 5.78. The summed E-state index contributed by atoms with van der Waals surface area (Å²) in [7, 11) is 1.83. The van der Waals surface area contributed by atoms with Crippen LogP contribution >= 0.6 is 0 Å². The summed E-state index contributed by atoms with van der Waals surface area (Å²) in [5, 5.41) is 7.02. The van der Waals surface area contributed by atoms with E-state index in [4.69, 9.17) is 0 Å². The molecule has 1 saturated heterocycles. The molecule has 5 heteroatoms. The second-order valence-electron chi connectivity index (χ2n) is 9.57. The largest absolute Gasteiger partial charge is 0.356 e. The highest BCUT2D eigenvalue weighted by Crippen LogP contribution is 2.59. The van der Waals surface area contributed by atoms with Gasteiger partial charge in [-0.25, -0.2) is 0 Å². The van der Waals surface area contributed by atoms with Crippen molar-refractivity contribution < 1.29 is 4.79 Å². The Morgan fingerprint density at radius 2 is 1.84 bits per heavy atom. The van der Waals surface area contributed by atoms with Crippen molar-refractivity contribution in [3.8, 4) is 0 Å². The Morgan fingerprint density at radius 3 is 2.69 bits per heavy atom. The third-order valence-corrected chi connectivity index (χ3v) is 7.59. The van der Waals surface area contributed by atoms with Crippen LogP contribution < -0.4 is 10.6 Å². The number of aryl methyl sites for hydroxylation is 1. The summed E-state index contributed by atoms with van der Waals surface area (Å²) in [4.78, 5) is 18.9. The predicted octanol–water partition coefficient (Wildman–Crippen LogP) is 3.22. The van der Waals surface area contributed by atoms with Gasteiger partial charge in [-0.15, -0.1) is 0 Å². The Balaban J connectivity index is 1.06. The van der Waals surface area contributed by atoms with Crippen LogP contribution in [0.4, 0.5) is 0 Å². The zero-order valence-electron chi connectivity index (χ0n) is 19.0. The fourth-order valence-corrected chi connectivity index (χ4v) is 5.78. The number of carbonyl (C=O) groups excluding carboxylic acids is 1. The first kappa shape index (κ1) is 21.0. The van der Waals surface area contributed by atoms with Crippen molar-refractivity contribution in [3.05, 3.63) is 71.3 Å². The number of likely N-dealkylation sites (tertiary alicyclic amines) is 1. The van der Waals surface area contributed by atoms with Gasteiger partial charge >= 0.3 is 0 Å². The van der Waals surface area contributed by atoms with Crippen LogP contribution in [0, 0.1) is 17.8 Å². The molecule has 1 heterocycles. The number of carbonyl (C=O) groups is 1. The number of aliphatic imine (C=N–C) groups is 1. The van der Waals surface area contributed by atoms with Crippen molar-refractivity contribution in [2.45, 2.75) is 31.6 Å². The van der Waals surface area contributed by atoms with Gasteiger partial charge in [0, 0.05) is 45.6 Å². The van der Waals surface area contributed by atoms with Gasteiger partial charge in [0.15, 0.2) is 5.96 Å². The molecule has 0 radical (unpaired) electrons. The van der Waals surface area contributed by atoms with Crippen LogP contribution in [0.2, 0.25) is 0 Å². The monoisotopic (exact) mass is 430 g/mol. The lowest BCUT2D eigenvalue weighted by Crippen LogP contribution is -2.41. The van der Waals surface area contributed by atoms with Gasteiger partial charge in [-0.3, -0.25) is 9.79 Å². The average Bonchev–Trinajstić information content (AvgIpc) is 3.44. The van der Waals surface area contributed by atoms with E-state index in [1.165, 1.54) is 18.4 Å². The number of nitrogens with zero attached hydrogens (tertiary/aromatic N) is 2. The van der Waals surface area contributed by atoms with E-state index in [9.17, 15) is 4.79 Å². The Bertz CT molecular complexity index is 973. The van der Waals surface area contributed by atoms with Gasteiger partial charge in [0.1, 0.15) is 0 Å². The van der Waals surface area contributed by atoms with Crippen LogP contribution in [-0.4, -0.2) is 50.0 Å². The fraction of sp³-hybridized carbons (Fsp3) is 0.481. The quantitative estimate of drug-likeness (QED) is 0.524. The van der Waals surface area contributed by atoms with Crippen molar-refractivity contribution in [1.29, 1.82) is 0 Å². The first-order valence-electron chi connectivity index (χ1n) is 12.1. The van der Waals surface area contributed by atoms with Gasteiger partial charge in [0.2, 0.25) is 5.91 Å². The number of guanidine groups is 1. The van der Waals surface area contributed by atoms with Crippen LogP contribution in [0.25, 0.3) is 0 Å². The molecule has 5 nitrogen and oxygen atoms in total. The minimum Gasteiger partial charge on any atom is -0.356 e. The molecular formula is C27H34N4O. The number of rotatable bonds is 7. The van der Waals surface area contributed by atoms with Gasteiger partial charge in [-0.05, 0) is 53.7 Å². The number of amides is 1. The van der Waals surface area contributed by atoms with E-state index in [2.05, 4.69) is 64.2 Å². The predicted molar refractivity (Wildman–Crippen MR) is 129 cm³/mol. The highest BCUT2D eigenvalue weighted by atomic mass is 16.2. The lowest BCUT2D eigenvalue weighted by atomic mass is 9.92. The first-order chi connectivity index (χ1) is 15.7. The van der Waals surface area contributed by atoms with Crippen molar-refractivity contribution in [2.24, 2.45) is 22.7 Å². The molecule has 1 saturated carbocycles. The van der Waals surface area contributed by atoms with E-state index in [-0.39, 0.29) is 5.91 Å². The number of fused-ring (bicyclic) bond motifs is 3. The van der Waals surface area contributed by atoms with Crippen LogP contribution in [0.5, 0.6) is 0 Å². The summed E-state index contributed by atoms with van der Waals surface area (Å²) in [6.45, 7) is 3.39.